The lowest BCUT2D eigenvalue weighted by atomic mass is 9.90. The average molecular weight is 434 g/mol. The first-order chi connectivity index (χ1) is 15.5. The predicted molar refractivity (Wildman–Crippen MR) is 124 cm³/mol. The Hall–Kier alpha value is -3.12. The molecule has 4 rings (SSSR count). The number of esters is 1. The van der Waals surface area contributed by atoms with Gasteiger partial charge in [0.25, 0.3) is 0 Å². The van der Waals surface area contributed by atoms with Crippen molar-refractivity contribution in [2.75, 3.05) is 26.2 Å². The molecule has 6 nitrogen and oxygen atoms in total. The SMILES string of the molecule is CCOC(=O)C1=C(CN2CCC[C@H](c3ccccc3)C2)NC(=O)N[C@@H]1c1ccc(C)cc1. The van der Waals surface area contributed by atoms with E-state index in [0.29, 0.717) is 23.7 Å². The number of hydrogen-bond donors (Lipinski definition) is 2. The summed E-state index contributed by atoms with van der Waals surface area (Å²) in [6.45, 7) is 6.42. The summed E-state index contributed by atoms with van der Waals surface area (Å²) >= 11 is 0. The normalized spacial score (nSPS) is 21.6. The van der Waals surface area contributed by atoms with E-state index in [1.807, 2.05) is 37.3 Å². The molecular weight excluding hydrogens is 402 g/mol. The molecule has 0 bridgehead atoms. The molecule has 2 atom stereocenters. The van der Waals surface area contributed by atoms with E-state index in [1.165, 1.54) is 5.56 Å². The number of hydrogen-bond acceptors (Lipinski definition) is 4. The molecule has 32 heavy (non-hydrogen) atoms. The van der Waals surface area contributed by atoms with Crippen molar-refractivity contribution in [3.63, 3.8) is 0 Å². The quantitative estimate of drug-likeness (QED) is 0.675. The van der Waals surface area contributed by atoms with E-state index in [-0.39, 0.29) is 12.6 Å². The van der Waals surface area contributed by atoms with Gasteiger partial charge in [0.2, 0.25) is 0 Å². The number of likely N-dealkylation sites (tertiary alicyclic amines) is 1. The van der Waals surface area contributed by atoms with Gasteiger partial charge in [0.1, 0.15) is 0 Å². The zero-order valence-corrected chi connectivity index (χ0v) is 18.8. The van der Waals surface area contributed by atoms with Crippen LogP contribution in [0.4, 0.5) is 4.79 Å². The summed E-state index contributed by atoms with van der Waals surface area (Å²) in [5, 5.41) is 5.82. The van der Waals surface area contributed by atoms with Crippen molar-refractivity contribution in [3.05, 3.63) is 82.6 Å². The van der Waals surface area contributed by atoms with Crippen LogP contribution in [0.5, 0.6) is 0 Å². The van der Waals surface area contributed by atoms with Crippen LogP contribution in [0.25, 0.3) is 0 Å². The molecule has 168 valence electrons. The highest BCUT2D eigenvalue weighted by molar-refractivity contribution is 5.95. The Balaban J connectivity index is 1.63. The zero-order chi connectivity index (χ0) is 22.5. The van der Waals surface area contributed by atoms with E-state index in [2.05, 4.69) is 39.8 Å². The summed E-state index contributed by atoms with van der Waals surface area (Å²) in [4.78, 5) is 27.9. The third-order valence-corrected chi connectivity index (χ3v) is 6.22. The molecule has 0 saturated carbocycles. The molecule has 6 heteroatoms. The largest absolute Gasteiger partial charge is 0.463 e. The first kappa shape index (κ1) is 22.1. The van der Waals surface area contributed by atoms with Crippen LogP contribution in [-0.4, -0.2) is 43.1 Å². The van der Waals surface area contributed by atoms with Gasteiger partial charge in [0.15, 0.2) is 0 Å². The number of benzene rings is 2. The second-order valence-corrected chi connectivity index (χ2v) is 8.54. The number of rotatable bonds is 6. The molecule has 1 fully saturated rings. The molecule has 2 aliphatic rings. The molecular formula is C26H31N3O3. The summed E-state index contributed by atoms with van der Waals surface area (Å²) in [5.74, 6) is 0.0547. The smallest absolute Gasteiger partial charge is 0.338 e. The molecule has 0 aromatic heterocycles. The van der Waals surface area contributed by atoms with E-state index < -0.39 is 12.0 Å². The Labute approximate surface area is 189 Å². The highest BCUT2D eigenvalue weighted by Crippen LogP contribution is 2.31. The minimum Gasteiger partial charge on any atom is -0.463 e. The Morgan fingerprint density at radius 3 is 2.56 bits per heavy atom. The topological polar surface area (TPSA) is 70.7 Å². The Morgan fingerprint density at radius 2 is 1.84 bits per heavy atom. The first-order valence-corrected chi connectivity index (χ1v) is 11.4. The van der Waals surface area contributed by atoms with Crippen molar-refractivity contribution in [2.24, 2.45) is 0 Å². The van der Waals surface area contributed by atoms with E-state index in [4.69, 9.17) is 4.74 Å². The zero-order valence-electron chi connectivity index (χ0n) is 18.8. The van der Waals surface area contributed by atoms with Crippen molar-refractivity contribution in [2.45, 2.75) is 38.6 Å². The highest BCUT2D eigenvalue weighted by Gasteiger charge is 2.35. The summed E-state index contributed by atoms with van der Waals surface area (Å²) < 4.78 is 5.40. The van der Waals surface area contributed by atoms with Gasteiger partial charge >= 0.3 is 12.0 Å². The number of nitrogens with one attached hydrogen (secondary N) is 2. The molecule has 2 aromatic rings. The highest BCUT2D eigenvalue weighted by atomic mass is 16.5. The standard InChI is InChI=1S/C26H31N3O3/c1-3-32-25(30)23-22(27-26(31)28-24(23)20-13-11-18(2)12-14-20)17-29-15-7-10-21(16-29)19-8-5-4-6-9-19/h4-6,8-9,11-14,21,24H,3,7,10,15-17H2,1-2H3,(H2,27,28,31)/t21-,24+/m0/s1. The Bertz CT molecular complexity index is 985. The predicted octanol–water partition coefficient (Wildman–Crippen LogP) is 4.05. The molecule has 0 radical (unpaired) electrons. The van der Waals surface area contributed by atoms with Gasteiger partial charge in [0, 0.05) is 18.8 Å². The summed E-state index contributed by atoms with van der Waals surface area (Å²) in [5.41, 5.74) is 4.44. The number of piperidine rings is 1. The van der Waals surface area contributed by atoms with Crippen LogP contribution in [0.15, 0.2) is 65.9 Å². The first-order valence-electron chi connectivity index (χ1n) is 11.4. The number of aryl methyl sites for hydroxylation is 1. The van der Waals surface area contributed by atoms with Crippen LogP contribution in [0, 0.1) is 6.92 Å². The van der Waals surface area contributed by atoms with Crippen molar-refractivity contribution >= 4 is 12.0 Å². The number of carbonyl (C=O) groups excluding carboxylic acids is 2. The van der Waals surface area contributed by atoms with Crippen LogP contribution in [0.1, 0.15) is 48.4 Å². The van der Waals surface area contributed by atoms with Gasteiger partial charge in [-0.25, -0.2) is 9.59 Å². The molecule has 0 spiro atoms. The monoisotopic (exact) mass is 433 g/mol. The van der Waals surface area contributed by atoms with Crippen LogP contribution >= 0.6 is 0 Å². The van der Waals surface area contributed by atoms with Gasteiger partial charge in [-0.2, -0.15) is 0 Å². The maximum atomic E-state index is 13.0. The minimum atomic E-state index is -0.534. The van der Waals surface area contributed by atoms with Crippen molar-refractivity contribution in [1.29, 1.82) is 0 Å². The van der Waals surface area contributed by atoms with Crippen LogP contribution in [-0.2, 0) is 9.53 Å². The third kappa shape index (κ3) is 5.02. The van der Waals surface area contributed by atoms with Crippen LogP contribution in [0.2, 0.25) is 0 Å². The fourth-order valence-electron chi connectivity index (χ4n) is 4.62. The maximum absolute atomic E-state index is 13.0. The lowest BCUT2D eigenvalue weighted by Gasteiger charge is -2.36. The maximum Gasteiger partial charge on any atom is 0.338 e. The van der Waals surface area contributed by atoms with Crippen LogP contribution < -0.4 is 10.6 Å². The second kappa shape index (κ2) is 10.0. The van der Waals surface area contributed by atoms with Gasteiger partial charge in [-0.1, -0.05) is 60.2 Å². The van der Waals surface area contributed by atoms with Crippen LogP contribution in [0.3, 0.4) is 0 Å². The molecule has 0 aliphatic carbocycles. The van der Waals surface area contributed by atoms with Gasteiger partial charge in [0.05, 0.1) is 18.2 Å². The number of urea groups is 1. The van der Waals surface area contributed by atoms with Gasteiger partial charge in [-0.05, 0) is 50.3 Å². The summed E-state index contributed by atoms with van der Waals surface area (Å²) in [6, 6.07) is 17.6. The Kier molecular flexibility index (Phi) is 6.90. The third-order valence-electron chi connectivity index (χ3n) is 6.22. The number of nitrogens with zero attached hydrogens (tertiary/aromatic N) is 1. The minimum absolute atomic E-state index is 0.282. The van der Waals surface area contributed by atoms with Crippen molar-refractivity contribution in [3.8, 4) is 0 Å². The van der Waals surface area contributed by atoms with E-state index in [9.17, 15) is 9.59 Å². The fraction of sp³-hybridized carbons (Fsp3) is 0.385. The van der Waals surface area contributed by atoms with Gasteiger partial charge in [-0.3, -0.25) is 4.90 Å². The molecule has 1 saturated heterocycles. The number of ether oxygens (including phenoxy) is 1. The molecule has 2 heterocycles. The molecule has 2 aliphatic heterocycles. The van der Waals surface area contributed by atoms with E-state index >= 15 is 0 Å². The number of carbonyl (C=O) groups is 2. The lowest BCUT2D eigenvalue weighted by Crippen LogP contribution is -2.49. The number of amides is 2. The fourth-order valence-corrected chi connectivity index (χ4v) is 4.62. The van der Waals surface area contributed by atoms with Gasteiger partial charge in [-0.15, -0.1) is 0 Å². The van der Waals surface area contributed by atoms with Crippen molar-refractivity contribution < 1.29 is 14.3 Å². The Morgan fingerprint density at radius 1 is 1.09 bits per heavy atom. The lowest BCUT2D eigenvalue weighted by molar-refractivity contribution is -0.139. The van der Waals surface area contributed by atoms with E-state index in [0.717, 1.165) is 37.1 Å². The summed E-state index contributed by atoms with van der Waals surface area (Å²) in [6.07, 6.45) is 2.22. The second-order valence-electron chi connectivity index (χ2n) is 8.54. The average Bonchev–Trinajstić information content (AvgIpc) is 2.80. The molecule has 2 aromatic carbocycles. The van der Waals surface area contributed by atoms with Gasteiger partial charge < -0.3 is 15.4 Å². The molecule has 2 N–H and O–H groups in total. The molecule has 0 unspecified atom stereocenters. The van der Waals surface area contributed by atoms with E-state index in [1.54, 1.807) is 6.92 Å². The van der Waals surface area contributed by atoms with Crippen molar-refractivity contribution in [1.82, 2.24) is 15.5 Å². The summed E-state index contributed by atoms with van der Waals surface area (Å²) in [7, 11) is 0. The molecule has 2 amide bonds.